The minimum atomic E-state index is -0.545. The van der Waals surface area contributed by atoms with Crippen molar-refractivity contribution in [2.45, 2.75) is 0 Å². The van der Waals surface area contributed by atoms with E-state index in [1.807, 2.05) is 0 Å². The SMILES string of the molecule is Nc1ccc(Cl)cc1-c1nnnn1-c1c(F)cccc1Cl. The molecule has 5 nitrogen and oxygen atoms in total. The van der Waals surface area contributed by atoms with Crippen molar-refractivity contribution in [1.29, 1.82) is 0 Å². The van der Waals surface area contributed by atoms with Crippen LogP contribution in [0.2, 0.25) is 10.0 Å². The van der Waals surface area contributed by atoms with Crippen LogP contribution in [-0.4, -0.2) is 20.2 Å². The quantitative estimate of drug-likeness (QED) is 0.734. The van der Waals surface area contributed by atoms with Crippen LogP contribution in [0.3, 0.4) is 0 Å². The minimum Gasteiger partial charge on any atom is -0.398 e. The molecule has 0 saturated heterocycles. The molecule has 3 rings (SSSR count). The van der Waals surface area contributed by atoms with Crippen LogP contribution < -0.4 is 5.73 Å². The van der Waals surface area contributed by atoms with E-state index in [2.05, 4.69) is 15.5 Å². The Morgan fingerprint density at radius 2 is 1.95 bits per heavy atom. The largest absolute Gasteiger partial charge is 0.398 e. The lowest BCUT2D eigenvalue weighted by molar-refractivity contribution is 0.608. The van der Waals surface area contributed by atoms with E-state index < -0.39 is 5.82 Å². The first kappa shape index (κ1) is 13.8. The van der Waals surface area contributed by atoms with Crippen molar-refractivity contribution in [2.24, 2.45) is 0 Å². The first-order valence-corrected chi connectivity index (χ1v) is 6.61. The number of aromatic nitrogens is 4. The van der Waals surface area contributed by atoms with Crippen LogP contribution in [0.5, 0.6) is 0 Å². The highest BCUT2D eigenvalue weighted by molar-refractivity contribution is 6.32. The highest BCUT2D eigenvalue weighted by Gasteiger charge is 2.18. The third-order valence-electron chi connectivity index (χ3n) is 2.88. The Hall–Kier alpha value is -2.18. The van der Waals surface area contributed by atoms with Crippen LogP contribution in [0.15, 0.2) is 36.4 Å². The minimum absolute atomic E-state index is 0.0542. The maximum atomic E-state index is 14.0. The summed E-state index contributed by atoms with van der Waals surface area (Å²) in [5, 5.41) is 11.9. The van der Waals surface area contributed by atoms with E-state index in [-0.39, 0.29) is 16.5 Å². The van der Waals surface area contributed by atoms with Crippen molar-refractivity contribution in [1.82, 2.24) is 20.2 Å². The maximum Gasteiger partial charge on any atom is 0.189 e. The smallest absolute Gasteiger partial charge is 0.189 e. The van der Waals surface area contributed by atoms with Crippen molar-refractivity contribution in [3.05, 3.63) is 52.3 Å². The zero-order chi connectivity index (χ0) is 15.0. The predicted molar refractivity (Wildman–Crippen MR) is 79.0 cm³/mol. The predicted octanol–water partition coefficient (Wildman–Crippen LogP) is 3.36. The summed E-state index contributed by atoms with van der Waals surface area (Å²) in [7, 11) is 0. The molecular weight excluding hydrogens is 316 g/mol. The van der Waals surface area contributed by atoms with E-state index in [1.54, 1.807) is 24.3 Å². The fourth-order valence-corrected chi connectivity index (χ4v) is 2.33. The second kappa shape index (κ2) is 5.31. The van der Waals surface area contributed by atoms with Gasteiger partial charge in [0.2, 0.25) is 0 Å². The summed E-state index contributed by atoms with van der Waals surface area (Å²) in [6, 6.07) is 9.19. The lowest BCUT2D eigenvalue weighted by Gasteiger charge is -2.09. The molecule has 0 saturated carbocycles. The van der Waals surface area contributed by atoms with Crippen LogP contribution in [0.4, 0.5) is 10.1 Å². The summed E-state index contributed by atoms with van der Waals surface area (Å²) in [6.07, 6.45) is 0. The molecule has 0 unspecified atom stereocenters. The standard InChI is InChI=1S/C13H8Cl2FN5/c14-7-4-5-11(17)8(6-7)13-18-19-20-21(13)12-9(15)2-1-3-10(12)16/h1-6H,17H2. The number of halogens is 3. The fourth-order valence-electron chi connectivity index (χ4n) is 1.92. The number of nitrogens with two attached hydrogens (primary N) is 1. The number of para-hydroxylation sites is 1. The lowest BCUT2D eigenvalue weighted by atomic mass is 10.1. The average molecular weight is 324 g/mol. The molecule has 0 spiro atoms. The Bertz CT molecular complexity index is 798. The van der Waals surface area contributed by atoms with Gasteiger partial charge in [0, 0.05) is 16.3 Å². The van der Waals surface area contributed by atoms with Crippen molar-refractivity contribution in [3.63, 3.8) is 0 Å². The zero-order valence-electron chi connectivity index (χ0n) is 10.5. The molecule has 0 aliphatic carbocycles. The lowest BCUT2D eigenvalue weighted by Crippen LogP contribution is -2.04. The summed E-state index contributed by atoms with van der Waals surface area (Å²) in [4.78, 5) is 0. The van der Waals surface area contributed by atoms with Gasteiger partial charge in [-0.2, -0.15) is 4.68 Å². The summed E-state index contributed by atoms with van der Waals surface area (Å²) in [5.41, 5.74) is 6.88. The molecule has 1 heterocycles. The number of nitrogens with zero attached hydrogens (tertiary/aromatic N) is 4. The van der Waals surface area contributed by atoms with Crippen molar-refractivity contribution >= 4 is 28.9 Å². The van der Waals surface area contributed by atoms with Crippen LogP contribution in [0, 0.1) is 5.82 Å². The Morgan fingerprint density at radius 1 is 1.14 bits per heavy atom. The summed E-state index contributed by atoms with van der Waals surface area (Å²) >= 11 is 12.0. The van der Waals surface area contributed by atoms with Gasteiger partial charge in [-0.15, -0.1) is 5.10 Å². The number of tetrazole rings is 1. The van der Waals surface area contributed by atoms with Gasteiger partial charge in [-0.1, -0.05) is 29.3 Å². The number of benzene rings is 2. The Morgan fingerprint density at radius 3 is 2.71 bits per heavy atom. The highest BCUT2D eigenvalue weighted by Crippen LogP contribution is 2.31. The zero-order valence-corrected chi connectivity index (χ0v) is 12.0. The second-order valence-electron chi connectivity index (χ2n) is 4.22. The van der Waals surface area contributed by atoms with Crippen LogP contribution in [-0.2, 0) is 0 Å². The third-order valence-corrected chi connectivity index (χ3v) is 3.42. The number of rotatable bonds is 2. The van der Waals surface area contributed by atoms with Crippen LogP contribution in [0.25, 0.3) is 17.1 Å². The third kappa shape index (κ3) is 2.43. The normalized spacial score (nSPS) is 10.8. The summed E-state index contributed by atoms with van der Waals surface area (Å²) in [6.45, 7) is 0. The van der Waals surface area contributed by atoms with Gasteiger partial charge >= 0.3 is 0 Å². The maximum absolute atomic E-state index is 14.0. The Balaban J connectivity index is 2.25. The van der Waals surface area contributed by atoms with E-state index >= 15 is 0 Å². The molecule has 21 heavy (non-hydrogen) atoms. The van der Waals surface area contributed by atoms with Crippen molar-refractivity contribution in [2.75, 3.05) is 5.73 Å². The topological polar surface area (TPSA) is 69.6 Å². The molecule has 106 valence electrons. The summed E-state index contributed by atoms with van der Waals surface area (Å²) in [5.74, 6) is -0.293. The van der Waals surface area contributed by atoms with E-state index in [0.717, 1.165) is 0 Å². The second-order valence-corrected chi connectivity index (χ2v) is 5.06. The van der Waals surface area contributed by atoms with Gasteiger partial charge in [0.1, 0.15) is 5.69 Å². The molecule has 0 amide bonds. The van der Waals surface area contributed by atoms with Gasteiger partial charge < -0.3 is 5.73 Å². The molecule has 2 aromatic carbocycles. The van der Waals surface area contributed by atoms with Crippen molar-refractivity contribution < 1.29 is 4.39 Å². The number of hydrogen-bond donors (Lipinski definition) is 1. The molecule has 0 radical (unpaired) electrons. The molecule has 0 bridgehead atoms. The Kier molecular flexibility index (Phi) is 3.48. The fraction of sp³-hybridized carbons (Fsp3) is 0. The van der Waals surface area contributed by atoms with Gasteiger partial charge in [-0.3, -0.25) is 0 Å². The Labute approximate surface area is 129 Å². The van der Waals surface area contributed by atoms with Gasteiger partial charge in [-0.05, 0) is 40.8 Å². The molecule has 1 aromatic heterocycles. The molecule has 0 atom stereocenters. The first-order valence-electron chi connectivity index (χ1n) is 5.86. The number of hydrogen-bond acceptors (Lipinski definition) is 4. The average Bonchev–Trinajstić information content (AvgIpc) is 2.90. The molecule has 0 fully saturated rings. The van der Waals surface area contributed by atoms with Crippen LogP contribution in [0.1, 0.15) is 0 Å². The molecular formula is C13H8Cl2FN5. The number of anilines is 1. The monoisotopic (exact) mass is 323 g/mol. The van der Waals surface area contributed by atoms with Gasteiger partial charge in [0.25, 0.3) is 0 Å². The molecule has 8 heteroatoms. The molecule has 3 aromatic rings. The summed E-state index contributed by atoms with van der Waals surface area (Å²) < 4.78 is 15.2. The van der Waals surface area contributed by atoms with Gasteiger partial charge in [-0.25, -0.2) is 4.39 Å². The first-order chi connectivity index (χ1) is 10.1. The van der Waals surface area contributed by atoms with E-state index in [9.17, 15) is 4.39 Å². The van der Waals surface area contributed by atoms with Crippen molar-refractivity contribution in [3.8, 4) is 17.1 Å². The number of nitrogen functional groups attached to an aromatic ring is 1. The highest BCUT2D eigenvalue weighted by atomic mass is 35.5. The van der Waals surface area contributed by atoms with Crippen LogP contribution >= 0.6 is 23.2 Å². The van der Waals surface area contributed by atoms with E-state index in [1.165, 1.54) is 16.8 Å². The molecule has 0 aliphatic rings. The van der Waals surface area contributed by atoms with E-state index in [4.69, 9.17) is 28.9 Å². The van der Waals surface area contributed by atoms with E-state index in [0.29, 0.717) is 16.3 Å². The van der Waals surface area contributed by atoms with Gasteiger partial charge in [0.05, 0.1) is 5.02 Å². The molecule has 0 aliphatic heterocycles. The molecule has 2 N–H and O–H groups in total. The van der Waals surface area contributed by atoms with Gasteiger partial charge in [0.15, 0.2) is 11.6 Å².